The molecular weight excluding hydrogens is 1160 g/mol. The first-order valence-corrected chi connectivity index (χ1v) is 31.3. The molecule has 0 radical (unpaired) electrons. The van der Waals surface area contributed by atoms with Gasteiger partial charge in [0.2, 0.25) is 0 Å². The van der Waals surface area contributed by atoms with Gasteiger partial charge in [0.25, 0.3) is 0 Å². The highest BCUT2D eigenvalue weighted by Gasteiger charge is 2.82. The minimum Gasteiger partial charge on any atom is -0.507 e. The number of hydrogen-bond acceptors (Lipinski definition) is 24. The third kappa shape index (κ3) is 12.4. The highest BCUT2D eigenvalue weighted by molar-refractivity contribution is 5.92. The maximum atomic E-state index is 14.2. The molecule has 4 saturated heterocycles. The number of phenolic OH excluding ortho intramolecular Hbond substituents is 1. The van der Waals surface area contributed by atoms with Gasteiger partial charge in [-0.15, -0.1) is 0 Å². The van der Waals surface area contributed by atoms with Crippen LogP contribution in [0.5, 0.6) is 5.75 Å². The minimum absolute atomic E-state index is 0.0706. The van der Waals surface area contributed by atoms with Crippen molar-refractivity contribution in [3.63, 3.8) is 0 Å². The first kappa shape index (κ1) is 67.6. The zero-order chi connectivity index (χ0) is 64.1. The van der Waals surface area contributed by atoms with Crippen LogP contribution < -0.4 is 0 Å². The number of aliphatic hydroxyl groups excluding tert-OH is 2. The Balaban J connectivity index is 0.828. The summed E-state index contributed by atoms with van der Waals surface area (Å²) in [5, 5.41) is 72.3. The predicted molar refractivity (Wildman–Crippen MR) is 310 cm³/mol. The van der Waals surface area contributed by atoms with Crippen LogP contribution in [0.25, 0.3) is 0 Å². The molecule has 26 atom stereocenters. The Bertz CT molecular complexity index is 2810. The average molecular weight is 1260 g/mol. The third-order valence-corrected chi connectivity index (χ3v) is 21.3. The molecular formula is C65H92O24. The lowest BCUT2D eigenvalue weighted by atomic mass is 9.42. The quantitative estimate of drug-likeness (QED) is 0.0630. The van der Waals surface area contributed by atoms with Gasteiger partial charge in [-0.25, -0.2) is 9.59 Å². The van der Waals surface area contributed by atoms with Crippen LogP contribution in [0.3, 0.4) is 0 Å². The van der Waals surface area contributed by atoms with E-state index in [1.54, 1.807) is 77.6 Å². The first-order valence-electron chi connectivity index (χ1n) is 31.3. The molecule has 24 nitrogen and oxygen atoms in total. The van der Waals surface area contributed by atoms with Crippen LogP contribution in [-0.2, 0) is 75.8 Å². The summed E-state index contributed by atoms with van der Waals surface area (Å²) >= 11 is 0. The Morgan fingerprint density at radius 1 is 0.652 bits per heavy atom. The van der Waals surface area contributed by atoms with Crippen molar-refractivity contribution in [1.29, 1.82) is 0 Å². The number of ether oxygens (including phenoxy) is 15. The van der Waals surface area contributed by atoms with Crippen molar-refractivity contribution in [2.24, 2.45) is 16.7 Å². The SMILES string of the molecule is COC1CC(OC2CCC3(COC(=O)c4ccccc4O)C(=CCC4(O)C3CC(OC(=O)c3ccccc3)C3(C)C(O)(C(C)OC(C)=O)CCC43O)C2)OC(C)C1OC1CC(OC)C(OC2CC(OC)C(OC3OC(C)C(O)C(OC)C3O)C(C)O2)C(C)O1. The number of aromatic hydroxyl groups is 1. The summed E-state index contributed by atoms with van der Waals surface area (Å²) in [6, 6.07) is 14.3. The van der Waals surface area contributed by atoms with Gasteiger partial charge in [0.15, 0.2) is 25.2 Å². The maximum absolute atomic E-state index is 14.2. The molecule has 2 aromatic rings. The molecule has 4 heterocycles. The number of carbonyl (C=O) groups is 3. The Morgan fingerprint density at radius 3 is 1.78 bits per heavy atom. The number of para-hydroxylation sites is 1. The van der Waals surface area contributed by atoms with E-state index in [-0.39, 0.29) is 81.3 Å². The van der Waals surface area contributed by atoms with Crippen LogP contribution in [0.15, 0.2) is 66.2 Å². The van der Waals surface area contributed by atoms with E-state index in [2.05, 4.69) is 0 Å². The second-order valence-corrected chi connectivity index (χ2v) is 25.9. The molecule has 0 bridgehead atoms. The van der Waals surface area contributed by atoms with Crippen LogP contribution >= 0.6 is 0 Å². The number of phenols is 1. The molecule has 10 rings (SSSR count). The number of esters is 3. The van der Waals surface area contributed by atoms with Gasteiger partial charge >= 0.3 is 17.9 Å². The fourth-order valence-electron chi connectivity index (χ4n) is 16.3. The molecule has 0 aromatic heterocycles. The predicted octanol–water partition coefficient (Wildman–Crippen LogP) is 4.71. The summed E-state index contributed by atoms with van der Waals surface area (Å²) in [4.78, 5) is 40.7. The summed E-state index contributed by atoms with van der Waals surface area (Å²) in [7, 11) is 6.15. The Kier molecular flexibility index (Phi) is 20.5. The number of methoxy groups -OCH3 is 4. The van der Waals surface area contributed by atoms with E-state index in [9.17, 15) is 45.0 Å². The standard InChI is InChI=1S/C65H92O24/c1-33-52(68)57(78-11)53(69)60(83-33)89-56-36(4)82-51(30-46(56)77-10)88-55-35(3)81-50(29-45(55)76-9)87-54-34(2)80-49(28-44(54)75-8)85-41-22-23-62(32-79-59(71)42-19-15-16-20-43(42)67)40(27-41)21-24-64(73)47(62)31-48(86-58(70)39-17-13-12-14-18-39)61(7)63(72,25-26-65(61,64)74)37(5)84-38(6)66/h12-21,33-37,41,44-57,60,67-69,72-74H,22-32H2,1-11H3. The van der Waals surface area contributed by atoms with Crippen molar-refractivity contribution in [1.82, 2.24) is 0 Å². The monoisotopic (exact) mass is 1260 g/mol. The summed E-state index contributed by atoms with van der Waals surface area (Å²) in [5.74, 6) is -3.47. The van der Waals surface area contributed by atoms with E-state index in [1.165, 1.54) is 33.1 Å². The van der Waals surface area contributed by atoms with Gasteiger partial charge in [-0.2, -0.15) is 0 Å². The van der Waals surface area contributed by atoms with Gasteiger partial charge in [0.1, 0.15) is 83.6 Å². The van der Waals surface area contributed by atoms with E-state index in [1.807, 2.05) is 26.8 Å². The first-order chi connectivity index (χ1) is 42.3. The average Bonchev–Trinajstić information content (AvgIpc) is 1.64. The van der Waals surface area contributed by atoms with Crippen LogP contribution in [-0.4, -0.2) is 223 Å². The zero-order valence-corrected chi connectivity index (χ0v) is 52.7. The number of benzene rings is 2. The van der Waals surface area contributed by atoms with E-state index < -0.39 is 174 Å². The van der Waals surface area contributed by atoms with Crippen molar-refractivity contribution in [3.05, 3.63) is 77.4 Å². The van der Waals surface area contributed by atoms with Gasteiger partial charge in [0, 0.05) is 66.0 Å². The Labute approximate surface area is 519 Å². The number of fused-ring (bicyclic) bond motifs is 5. The lowest BCUT2D eigenvalue weighted by Crippen LogP contribution is -2.79. The molecule has 4 aliphatic heterocycles. The van der Waals surface area contributed by atoms with E-state index in [4.69, 9.17) is 71.1 Å². The smallest absolute Gasteiger partial charge is 0.341 e. The molecule has 2 aromatic carbocycles. The summed E-state index contributed by atoms with van der Waals surface area (Å²) in [6.07, 6.45) is -12.3. The third-order valence-electron chi connectivity index (χ3n) is 21.3. The molecule has 24 heteroatoms. The number of hydrogen-bond donors (Lipinski definition) is 6. The largest absolute Gasteiger partial charge is 0.507 e. The summed E-state index contributed by atoms with van der Waals surface area (Å²) in [6.45, 7) is 11.2. The number of carbonyl (C=O) groups excluding carboxylic acids is 3. The highest BCUT2D eigenvalue weighted by atomic mass is 16.8. The van der Waals surface area contributed by atoms with E-state index in [0.717, 1.165) is 5.57 Å². The van der Waals surface area contributed by atoms with Crippen molar-refractivity contribution >= 4 is 17.9 Å². The molecule has 89 heavy (non-hydrogen) atoms. The van der Waals surface area contributed by atoms with Crippen molar-refractivity contribution in [2.75, 3.05) is 35.0 Å². The minimum atomic E-state index is -2.18. The molecule has 4 aliphatic carbocycles. The summed E-state index contributed by atoms with van der Waals surface area (Å²) < 4.78 is 93.4. The Morgan fingerprint density at radius 2 is 1.21 bits per heavy atom. The normalized spacial score (nSPS) is 44.2. The van der Waals surface area contributed by atoms with Crippen molar-refractivity contribution < 1.29 is 116 Å². The zero-order valence-electron chi connectivity index (χ0n) is 52.7. The van der Waals surface area contributed by atoms with Gasteiger partial charge < -0.3 is 102 Å². The lowest BCUT2D eigenvalue weighted by Gasteiger charge is -2.67. The molecule has 7 fully saturated rings. The van der Waals surface area contributed by atoms with Crippen LogP contribution in [0.1, 0.15) is 133 Å². The fourth-order valence-corrected chi connectivity index (χ4v) is 16.3. The van der Waals surface area contributed by atoms with Crippen LogP contribution in [0.2, 0.25) is 0 Å². The molecule has 0 spiro atoms. The van der Waals surface area contributed by atoms with Gasteiger partial charge in [0.05, 0.1) is 59.8 Å². The van der Waals surface area contributed by atoms with Gasteiger partial charge in [-0.05, 0) is 104 Å². The molecule has 8 aliphatic rings. The lowest BCUT2D eigenvalue weighted by molar-refractivity contribution is -0.356. The Hall–Kier alpha value is -4.29. The van der Waals surface area contributed by atoms with E-state index >= 15 is 0 Å². The van der Waals surface area contributed by atoms with Gasteiger partial charge in [-0.3, -0.25) is 4.79 Å². The second kappa shape index (κ2) is 27.0. The number of rotatable bonds is 19. The van der Waals surface area contributed by atoms with Crippen LogP contribution in [0, 0.1) is 16.7 Å². The molecule has 496 valence electrons. The molecule has 0 amide bonds. The fraction of sp³-hybridized carbons (Fsp3) is 0.738. The van der Waals surface area contributed by atoms with Gasteiger partial charge in [-0.1, -0.05) is 48.9 Å². The van der Waals surface area contributed by atoms with E-state index in [0.29, 0.717) is 6.42 Å². The topological polar surface area (TPSA) is 311 Å². The van der Waals surface area contributed by atoms with Crippen molar-refractivity contribution in [2.45, 2.75) is 252 Å². The second-order valence-electron chi connectivity index (χ2n) is 25.9. The highest BCUT2D eigenvalue weighted by Crippen LogP contribution is 2.72. The van der Waals surface area contributed by atoms with Crippen LogP contribution in [0.4, 0.5) is 0 Å². The number of aliphatic hydroxyl groups is 5. The molecule has 6 N–H and O–H groups in total. The molecule has 3 saturated carbocycles. The van der Waals surface area contributed by atoms with Crippen molar-refractivity contribution in [3.8, 4) is 5.75 Å². The molecule has 26 unspecified atom stereocenters. The summed E-state index contributed by atoms with van der Waals surface area (Å²) in [5.41, 5.74) is -8.36. The maximum Gasteiger partial charge on any atom is 0.341 e.